The largest absolute Gasteiger partial charge is 0.479 e. The highest BCUT2D eigenvalue weighted by Gasteiger charge is 2.16. The maximum Gasteiger partial charge on any atom is 0.245 e. The topological polar surface area (TPSA) is 78.8 Å². The molecule has 0 atom stereocenters. The predicted molar refractivity (Wildman–Crippen MR) is 77.1 cm³/mol. The number of rotatable bonds is 2. The summed E-state index contributed by atoms with van der Waals surface area (Å²) in [6.07, 6.45) is 1.45. The van der Waals surface area contributed by atoms with Gasteiger partial charge in [0.25, 0.3) is 0 Å². The minimum Gasteiger partial charge on any atom is -0.479 e. The molecule has 2 N–H and O–H groups in total. The van der Waals surface area contributed by atoms with Crippen LogP contribution < -0.4 is 10.5 Å². The molecule has 0 spiro atoms. The first-order chi connectivity index (χ1) is 9.61. The van der Waals surface area contributed by atoms with Crippen LogP contribution in [0.5, 0.6) is 5.88 Å². The molecule has 3 rings (SSSR count). The number of hydrogen-bond donors (Lipinski definition) is 1. The zero-order chi connectivity index (χ0) is 14.3. The second-order valence-electron chi connectivity index (χ2n) is 4.65. The number of anilines is 1. The number of benzene rings is 1. The van der Waals surface area contributed by atoms with Gasteiger partial charge in [-0.25, -0.2) is 9.97 Å². The summed E-state index contributed by atoms with van der Waals surface area (Å²) < 4.78 is 7.02. The van der Waals surface area contributed by atoms with Crippen molar-refractivity contribution in [2.24, 2.45) is 0 Å². The summed E-state index contributed by atoms with van der Waals surface area (Å²) in [4.78, 5) is 12.7. The summed E-state index contributed by atoms with van der Waals surface area (Å²) in [6, 6.07) is 6.17. The molecule has 2 aromatic heterocycles. The number of fused-ring (bicyclic) bond motifs is 1. The Morgan fingerprint density at radius 3 is 2.75 bits per heavy atom. The molecule has 6 heteroatoms. The molecular formula is C14H15N5O. The third kappa shape index (κ3) is 1.77. The van der Waals surface area contributed by atoms with Crippen LogP contribution in [0.25, 0.3) is 16.9 Å². The van der Waals surface area contributed by atoms with Crippen LogP contribution in [0, 0.1) is 13.8 Å². The Hall–Kier alpha value is -2.63. The van der Waals surface area contributed by atoms with Gasteiger partial charge in [0.05, 0.1) is 12.8 Å². The Balaban J connectivity index is 2.37. The highest BCUT2D eigenvalue weighted by atomic mass is 16.5. The first-order valence-electron chi connectivity index (χ1n) is 6.22. The van der Waals surface area contributed by atoms with E-state index < -0.39 is 0 Å². The number of ether oxygens (including phenoxy) is 1. The summed E-state index contributed by atoms with van der Waals surface area (Å²) >= 11 is 0. The third-order valence-corrected chi connectivity index (χ3v) is 3.24. The summed E-state index contributed by atoms with van der Waals surface area (Å²) in [5, 5.41) is 0. The van der Waals surface area contributed by atoms with Crippen LogP contribution in [0.3, 0.4) is 0 Å². The second-order valence-corrected chi connectivity index (χ2v) is 4.65. The molecule has 6 nitrogen and oxygen atoms in total. The maximum absolute atomic E-state index is 6.06. The number of aryl methyl sites for hydroxylation is 2. The van der Waals surface area contributed by atoms with Gasteiger partial charge in [-0.1, -0.05) is 12.1 Å². The number of hydrogen-bond acceptors (Lipinski definition) is 5. The highest BCUT2D eigenvalue weighted by molar-refractivity contribution is 5.81. The number of aromatic nitrogens is 4. The number of methoxy groups -OCH3 is 1. The zero-order valence-electron chi connectivity index (χ0n) is 11.6. The molecule has 0 saturated carbocycles. The molecule has 0 radical (unpaired) electrons. The molecule has 0 bridgehead atoms. The lowest BCUT2D eigenvalue weighted by molar-refractivity contribution is 0.401. The number of nitrogen functional groups attached to an aromatic ring is 1. The molecule has 0 amide bonds. The molecule has 102 valence electrons. The lowest BCUT2D eigenvalue weighted by Crippen LogP contribution is -2.03. The van der Waals surface area contributed by atoms with Crippen LogP contribution >= 0.6 is 0 Å². The van der Waals surface area contributed by atoms with E-state index in [0.29, 0.717) is 23.0 Å². The van der Waals surface area contributed by atoms with Crippen LogP contribution in [0.15, 0.2) is 24.5 Å². The van der Waals surface area contributed by atoms with E-state index in [0.717, 1.165) is 16.8 Å². The molecule has 2 heterocycles. The Bertz CT molecular complexity index is 794. The molecular weight excluding hydrogens is 254 g/mol. The van der Waals surface area contributed by atoms with Crippen molar-refractivity contribution in [3.05, 3.63) is 35.7 Å². The summed E-state index contributed by atoms with van der Waals surface area (Å²) in [6.45, 7) is 4.06. The number of imidazole rings is 1. The van der Waals surface area contributed by atoms with E-state index in [4.69, 9.17) is 10.5 Å². The van der Waals surface area contributed by atoms with E-state index in [1.165, 1.54) is 6.33 Å². The number of nitrogens with two attached hydrogens (primary N) is 1. The van der Waals surface area contributed by atoms with Gasteiger partial charge in [-0.2, -0.15) is 4.98 Å². The fourth-order valence-corrected chi connectivity index (χ4v) is 2.24. The van der Waals surface area contributed by atoms with Crippen LogP contribution in [0.1, 0.15) is 11.1 Å². The predicted octanol–water partition coefficient (Wildman–Crippen LogP) is 2.02. The van der Waals surface area contributed by atoms with Crippen molar-refractivity contribution in [1.82, 2.24) is 19.5 Å². The average molecular weight is 269 g/mol. The average Bonchev–Trinajstić information content (AvgIpc) is 2.77. The van der Waals surface area contributed by atoms with E-state index in [-0.39, 0.29) is 0 Å². The van der Waals surface area contributed by atoms with Crippen molar-refractivity contribution in [2.75, 3.05) is 12.8 Å². The lowest BCUT2D eigenvalue weighted by atomic mass is 10.1. The van der Waals surface area contributed by atoms with Gasteiger partial charge < -0.3 is 10.5 Å². The first-order valence-corrected chi connectivity index (χ1v) is 6.22. The van der Waals surface area contributed by atoms with Gasteiger partial charge in [0.2, 0.25) is 11.8 Å². The van der Waals surface area contributed by atoms with Gasteiger partial charge in [0.15, 0.2) is 11.2 Å². The third-order valence-electron chi connectivity index (χ3n) is 3.24. The maximum atomic E-state index is 6.06. The fourth-order valence-electron chi connectivity index (χ4n) is 2.24. The van der Waals surface area contributed by atoms with E-state index in [1.807, 2.05) is 24.5 Å². The first kappa shape index (κ1) is 12.4. The Morgan fingerprint density at radius 1 is 1.20 bits per heavy atom. The monoisotopic (exact) mass is 269 g/mol. The molecule has 0 aliphatic heterocycles. The SMILES string of the molecule is COc1ncnc2c1nc(N)n2-c1cc(C)ccc1C. The van der Waals surface area contributed by atoms with Crippen molar-refractivity contribution in [2.45, 2.75) is 13.8 Å². The van der Waals surface area contributed by atoms with E-state index in [2.05, 4.69) is 27.1 Å². The van der Waals surface area contributed by atoms with Crippen molar-refractivity contribution >= 4 is 17.1 Å². The minimum absolute atomic E-state index is 0.368. The molecule has 0 aliphatic carbocycles. The fraction of sp³-hybridized carbons (Fsp3) is 0.214. The van der Waals surface area contributed by atoms with Crippen LogP contribution in [-0.4, -0.2) is 26.6 Å². The standard InChI is InChI=1S/C14H15N5O/c1-8-4-5-9(2)10(6-8)19-12-11(18-14(19)15)13(20-3)17-7-16-12/h4-7H,1-3H3,(H2,15,18). The van der Waals surface area contributed by atoms with E-state index >= 15 is 0 Å². The van der Waals surface area contributed by atoms with Gasteiger partial charge >= 0.3 is 0 Å². The van der Waals surface area contributed by atoms with Gasteiger partial charge in [-0.05, 0) is 31.0 Å². The Morgan fingerprint density at radius 2 is 2.00 bits per heavy atom. The van der Waals surface area contributed by atoms with Crippen molar-refractivity contribution in [3.63, 3.8) is 0 Å². The summed E-state index contributed by atoms with van der Waals surface area (Å²) in [5.74, 6) is 0.790. The quantitative estimate of drug-likeness (QED) is 0.770. The molecule has 0 unspecified atom stereocenters. The van der Waals surface area contributed by atoms with Gasteiger partial charge in [0, 0.05) is 0 Å². The lowest BCUT2D eigenvalue weighted by Gasteiger charge is -2.10. The van der Waals surface area contributed by atoms with Gasteiger partial charge in [0.1, 0.15) is 6.33 Å². The second kappa shape index (κ2) is 4.48. The molecule has 0 fully saturated rings. The van der Waals surface area contributed by atoms with E-state index in [9.17, 15) is 0 Å². The molecule has 1 aromatic carbocycles. The van der Waals surface area contributed by atoms with Crippen LogP contribution in [0.4, 0.5) is 5.95 Å². The molecule has 0 aliphatic rings. The van der Waals surface area contributed by atoms with Gasteiger partial charge in [-0.3, -0.25) is 4.57 Å². The van der Waals surface area contributed by atoms with Crippen LogP contribution in [0.2, 0.25) is 0 Å². The molecule has 0 saturated heterocycles. The smallest absolute Gasteiger partial charge is 0.245 e. The van der Waals surface area contributed by atoms with Gasteiger partial charge in [-0.15, -0.1) is 0 Å². The normalized spacial score (nSPS) is 10.9. The zero-order valence-corrected chi connectivity index (χ0v) is 11.6. The Labute approximate surface area is 116 Å². The Kier molecular flexibility index (Phi) is 2.78. The highest BCUT2D eigenvalue weighted by Crippen LogP contribution is 2.28. The molecule has 20 heavy (non-hydrogen) atoms. The summed E-state index contributed by atoms with van der Waals surface area (Å²) in [7, 11) is 1.55. The molecule has 3 aromatic rings. The van der Waals surface area contributed by atoms with Crippen molar-refractivity contribution in [1.29, 1.82) is 0 Å². The number of nitrogens with zero attached hydrogens (tertiary/aromatic N) is 4. The minimum atomic E-state index is 0.368. The van der Waals surface area contributed by atoms with Crippen LogP contribution in [-0.2, 0) is 0 Å². The van der Waals surface area contributed by atoms with Crippen molar-refractivity contribution in [3.8, 4) is 11.6 Å². The van der Waals surface area contributed by atoms with E-state index in [1.54, 1.807) is 7.11 Å². The van der Waals surface area contributed by atoms with Crippen molar-refractivity contribution < 1.29 is 4.74 Å². The summed E-state index contributed by atoms with van der Waals surface area (Å²) in [5.41, 5.74) is 10.5.